The summed E-state index contributed by atoms with van der Waals surface area (Å²) in [7, 11) is 0. The van der Waals surface area contributed by atoms with Gasteiger partial charge in [-0.15, -0.1) is 5.73 Å². The highest BCUT2D eigenvalue weighted by atomic mass is 16.5. The first kappa shape index (κ1) is 10.7. The van der Waals surface area contributed by atoms with E-state index in [1.54, 1.807) is 0 Å². The number of nitrogens with zero attached hydrogens (tertiary/aromatic N) is 1. The van der Waals surface area contributed by atoms with E-state index in [0.717, 1.165) is 19.3 Å². The lowest BCUT2D eigenvalue weighted by Gasteiger charge is -2.26. The van der Waals surface area contributed by atoms with Crippen molar-refractivity contribution in [1.29, 1.82) is 0 Å². The molecule has 0 N–H and O–H groups in total. The molecule has 1 aliphatic carbocycles. The largest absolute Gasteiger partial charge is 0.372 e. The molecule has 1 fully saturated rings. The van der Waals surface area contributed by atoms with E-state index in [-0.39, 0.29) is 12.1 Å². The molecule has 1 aromatic rings. The van der Waals surface area contributed by atoms with Gasteiger partial charge in [-0.1, -0.05) is 43.2 Å². The fourth-order valence-corrected chi connectivity index (χ4v) is 2.05. The van der Waals surface area contributed by atoms with Crippen LogP contribution in [0.2, 0.25) is 0 Å². The number of rotatable bonds is 3. The number of hydrogen-bond acceptors (Lipinski definition) is 1. The van der Waals surface area contributed by atoms with Gasteiger partial charge in [-0.2, -0.15) is 0 Å². The fraction of sp³-hybridized carbons (Fsp3) is 0.538. The predicted octanol–water partition coefficient (Wildman–Crippen LogP) is 2.58. The molecular formula is C13H17NO. The SMILES string of the molecule is [N]C1CCCCC1OCc1ccccc1. The minimum atomic E-state index is -0.262. The highest BCUT2D eigenvalue weighted by Gasteiger charge is 2.23. The van der Waals surface area contributed by atoms with Crippen molar-refractivity contribution in [3.63, 3.8) is 0 Å². The van der Waals surface area contributed by atoms with Gasteiger partial charge in [0, 0.05) is 0 Å². The Bertz CT molecular complexity index is 286. The Balaban J connectivity index is 1.82. The van der Waals surface area contributed by atoms with Crippen molar-refractivity contribution in [2.24, 2.45) is 0 Å². The van der Waals surface area contributed by atoms with Gasteiger partial charge in [0.25, 0.3) is 0 Å². The second-order valence-electron chi connectivity index (χ2n) is 4.19. The maximum absolute atomic E-state index is 9.72. The van der Waals surface area contributed by atoms with E-state index in [1.165, 1.54) is 12.0 Å². The highest BCUT2D eigenvalue weighted by Crippen LogP contribution is 2.21. The van der Waals surface area contributed by atoms with Crippen LogP contribution in [0.3, 0.4) is 0 Å². The summed E-state index contributed by atoms with van der Waals surface area (Å²) < 4.78 is 5.73. The topological polar surface area (TPSA) is 31.5 Å². The molecule has 0 aromatic heterocycles. The summed E-state index contributed by atoms with van der Waals surface area (Å²) in [4.78, 5) is 0. The summed E-state index contributed by atoms with van der Waals surface area (Å²) in [6.07, 6.45) is 4.23. The maximum atomic E-state index is 9.72. The van der Waals surface area contributed by atoms with Gasteiger partial charge in [-0.3, -0.25) is 0 Å². The third kappa shape index (κ3) is 3.05. The average Bonchev–Trinajstić information content (AvgIpc) is 2.29. The van der Waals surface area contributed by atoms with Gasteiger partial charge in [0.15, 0.2) is 0 Å². The van der Waals surface area contributed by atoms with Crippen molar-refractivity contribution in [2.45, 2.75) is 44.4 Å². The third-order valence-corrected chi connectivity index (χ3v) is 2.97. The molecular weight excluding hydrogens is 186 g/mol. The predicted molar refractivity (Wildman–Crippen MR) is 59.4 cm³/mol. The Morgan fingerprint density at radius 3 is 2.60 bits per heavy atom. The first-order valence-corrected chi connectivity index (χ1v) is 5.70. The zero-order valence-corrected chi connectivity index (χ0v) is 8.93. The number of ether oxygens (including phenoxy) is 1. The van der Waals surface area contributed by atoms with E-state index >= 15 is 0 Å². The second kappa shape index (κ2) is 5.29. The van der Waals surface area contributed by atoms with E-state index in [1.807, 2.05) is 18.2 Å². The Kier molecular flexibility index (Phi) is 3.75. The molecule has 1 saturated carbocycles. The molecule has 0 bridgehead atoms. The molecule has 2 rings (SSSR count). The summed E-state index contributed by atoms with van der Waals surface area (Å²) in [5.74, 6) is 0. The van der Waals surface area contributed by atoms with Crippen LogP contribution in [0.4, 0.5) is 0 Å². The molecule has 1 aromatic carbocycles. The zero-order chi connectivity index (χ0) is 10.5. The standard InChI is InChI=1S/C13H17NO/c14-12-8-4-5-9-13(12)15-10-11-6-2-1-3-7-11/h1-3,6-7,12-13H,4-5,8-10H2. The molecule has 0 heterocycles. The second-order valence-corrected chi connectivity index (χ2v) is 4.19. The van der Waals surface area contributed by atoms with Crippen LogP contribution in [0.1, 0.15) is 31.2 Å². The van der Waals surface area contributed by atoms with Crippen LogP contribution in [0.15, 0.2) is 30.3 Å². The molecule has 0 spiro atoms. The third-order valence-electron chi connectivity index (χ3n) is 2.97. The lowest BCUT2D eigenvalue weighted by atomic mass is 9.93. The van der Waals surface area contributed by atoms with Crippen molar-refractivity contribution in [3.8, 4) is 0 Å². The molecule has 2 unspecified atom stereocenters. The summed E-state index contributed by atoms with van der Waals surface area (Å²) in [5.41, 5.74) is 10.9. The minimum Gasteiger partial charge on any atom is -0.372 e. The quantitative estimate of drug-likeness (QED) is 0.743. The lowest BCUT2D eigenvalue weighted by Crippen LogP contribution is -2.33. The number of hydrogen-bond donors (Lipinski definition) is 0. The molecule has 2 nitrogen and oxygen atoms in total. The summed E-state index contributed by atoms with van der Waals surface area (Å²) in [6.45, 7) is 0.614. The van der Waals surface area contributed by atoms with Crippen LogP contribution in [-0.2, 0) is 11.3 Å². The van der Waals surface area contributed by atoms with Gasteiger partial charge in [0.2, 0.25) is 0 Å². The summed E-state index contributed by atoms with van der Waals surface area (Å²) in [5, 5.41) is 0. The molecule has 0 aliphatic heterocycles. The highest BCUT2D eigenvalue weighted by molar-refractivity contribution is 5.13. The van der Waals surface area contributed by atoms with Crippen molar-refractivity contribution < 1.29 is 4.74 Å². The van der Waals surface area contributed by atoms with Crippen LogP contribution in [0.25, 0.3) is 0 Å². The summed E-state index contributed by atoms with van der Waals surface area (Å²) >= 11 is 0. The summed E-state index contributed by atoms with van der Waals surface area (Å²) in [6, 6.07) is 9.86. The van der Waals surface area contributed by atoms with Crippen LogP contribution in [-0.4, -0.2) is 12.1 Å². The van der Waals surface area contributed by atoms with E-state index in [2.05, 4.69) is 12.1 Å². The Morgan fingerprint density at radius 2 is 1.87 bits per heavy atom. The molecule has 2 heteroatoms. The van der Waals surface area contributed by atoms with E-state index in [0.29, 0.717) is 6.61 Å². The van der Waals surface area contributed by atoms with Gasteiger partial charge in [0.05, 0.1) is 18.8 Å². The van der Waals surface area contributed by atoms with Gasteiger partial charge in [-0.05, 0) is 18.4 Å². The maximum Gasteiger partial charge on any atom is 0.0764 e. The van der Waals surface area contributed by atoms with Crippen LogP contribution >= 0.6 is 0 Å². The van der Waals surface area contributed by atoms with Gasteiger partial charge in [-0.25, -0.2) is 0 Å². The van der Waals surface area contributed by atoms with Crippen molar-refractivity contribution in [2.75, 3.05) is 0 Å². The van der Waals surface area contributed by atoms with Gasteiger partial charge >= 0.3 is 0 Å². The Morgan fingerprint density at radius 1 is 1.13 bits per heavy atom. The molecule has 2 atom stereocenters. The first-order valence-electron chi connectivity index (χ1n) is 5.70. The first-order chi connectivity index (χ1) is 7.36. The molecule has 15 heavy (non-hydrogen) atoms. The van der Waals surface area contributed by atoms with Crippen LogP contribution < -0.4 is 5.73 Å². The molecule has 0 saturated heterocycles. The van der Waals surface area contributed by atoms with Crippen LogP contribution in [0.5, 0.6) is 0 Å². The molecule has 80 valence electrons. The molecule has 2 radical (unpaired) electrons. The number of benzene rings is 1. The van der Waals surface area contributed by atoms with E-state index in [4.69, 9.17) is 4.74 Å². The molecule has 1 aliphatic rings. The van der Waals surface area contributed by atoms with Gasteiger partial charge < -0.3 is 4.74 Å². The van der Waals surface area contributed by atoms with Crippen molar-refractivity contribution in [1.82, 2.24) is 5.73 Å². The van der Waals surface area contributed by atoms with Crippen molar-refractivity contribution in [3.05, 3.63) is 35.9 Å². The average molecular weight is 203 g/mol. The Hall–Kier alpha value is -0.860. The van der Waals surface area contributed by atoms with Crippen molar-refractivity contribution >= 4 is 0 Å². The van der Waals surface area contributed by atoms with Crippen LogP contribution in [0, 0.1) is 0 Å². The normalized spacial score (nSPS) is 26.5. The lowest BCUT2D eigenvalue weighted by molar-refractivity contribution is 0.00227. The van der Waals surface area contributed by atoms with E-state index in [9.17, 15) is 5.73 Å². The monoisotopic (exact) mass is 203 g/mol. The Labute approximate surface area is 91.4 Å². The molecule has 0 amide bonds. The zero-order valence-electron chi connectivity index (χ0n) is 8.93. The van der Waals surface area contributed by atoms with E-state index < -0.39 is 0 Å². The minimum absolute atomic E-state index is 0.0407. The fourth-order valence-electron chi connectivity index (χ4n) is 2.05. The smallest absolute Gasteiger partial charge is 0.0764 e. The van der Waals surface area contributed by atoms with Gasteiger partial charge in [0.1, 0.15) is 0 Å².